The lowest BCUT2D eigenvalue weighted by Gasteiger charge is -2.18. The Morgan fingerprint density at radius 3 is 2.52 bits per heavy atom. The van der Waals surface area contributed by atoms with Gasteiger partial charge in [-0.1, -0.05) is 0 Å². The van der Waals surface area contributed by atoms with Gasteiger partial charge in [0.1, 0.15) is 10.6 Å². The molecule has 2 rings (SSSR count). The summed E-state index contributed by atoms with van der Waals surface area (Å²) in [7, 11) is -0.374. The molecule has 1 aromatic carbocycles. The average Bonchev–Trinajstić information content (AvgIpc) is 3.13. The van der Waals surface area contributed by atoms with E-state index in [1.54, 1.807) is 6.07 Å². The summed E-state index contributed by atoms with van der Waals surface area (Å²) in [5.74, 6) is -0.0275. The molecule has 9 heteroatoms. The fraction of sp³-hybridized carbons (Fsp3) is 0.562. The summed E-state index contributed by atoms with van der Waals surface area (Å²) in [4.78, 5) is 12.3. The summed E-state index contributed by atoms with van der Waals surface area (Å²) in [5.41, 5.74) is 0.318. The van der Waals surface area contributed by atoms with Gasteiger partial charge in [0.05, 0.1) is 7.11 Å². The van der Waals surface area contributed by atoms with Crippen molar-refractivity contribution in [2.75, 3.05) is 40.3 Å². The van der Waals surface area contributed by atoms with Crippen LogP contribution in [0.1, 0.15) is 29.6 Å². The van der Waals surface area contributed by atoms with Gasteiger partial charge >= 0.3 is 0 Å². The van der Waals surface area contributed by atoms with Crippen molar-refractivity contribution >= 4 is 28.3 Å². The first-order valence-corrected chi connectivity index (χ1v) is 9.55. The lowest BCUT2D eigenvalue weighted by atomic mass is 10.2. The number of amides is 1. The van der Waals surface area contributed by atoms with E-state index in [1.807, 2.05) is 7.05 Å². The minimum atomic E-state index is -3.65. The van der Waals surface area contributed by atoms with Gasteiger partial charge in [-0.2, -0.15) is 4.31 Å². The van der Waals surface area contributed by atoms with Crippen LogP contribution in [0.25, 0.3) is 0 Å². The third-order valence-electron chi connectivity index (χ3n) is 4.00. The molecule has 25 heavy (non-hydrogen) atoms. The zero-order valence-corrected chi connectivity index (χ0v) is 16.2. The van der Waals surface area contributed by atoms with Gasteiger partial charge in [0.2, 0.25) is 10.0 Å². The lowest BCUT2D eigenvalue weighted by Crippen LogP contribution is -2.29. The molecule has 0 unspecified atom stereocenters. The number of ether oxygens (including phenoxy) is 1. The van der Waals surface area contributed by atoms with Crippen LogP contribution in [-0.2, 0) is 10.0 Å². The molecular weight excluding hydrogens is 366 g/mol. The molecule has 0 atom stereocenters. The normalized spacial score (nSPS) is 14.8. The van der Waals surface area contributed by atoms with Gasteiger partial charge in [0, 0.05) is 25.2 Å². The quantitative estimate of drug-likeness (QED) is 0.651. The highest BCUT2D eigenvalue weighted by atomic mass is 35.5. The second-order valence-corrected chi connectivity index (χ2v) is 7.60. The lowest BCUT2D eigenvalue weighted by molar-refractivity contribution is 0.0953. The molecule has 0 aliphatic carbocycles. The van der Waals surface area contributed by atoms with Gasteiger partial charge in [0.25, 0.3) is 5.91 Å². The van der Waals surface area contributed by atoms with Gasteiger partial charge in [-0.15, -0.1) is 12.4 Å². The standard InChI is InChI=1S/C16H25N3O4S.ClH/c1-17-8-5-9-18-16(20)13-6-7-14(23-2)15(12-13)24(21,22)19-10-3-4-11-19;/h6-7,12,17H,3-5,8-11H2,1-2H3,(H,18,20);1H. The Bertz CT molecular complexity index is 676. The van der Waals surface area contributed by atoms with Crippen molar-refractivity contribution in [3.8, 4) is 5.75 Å². The molecule has 1 amide bonds. The summed E-state index contributed by atoms with van der Waals surface area (Å²) in [6.07, 6.45) is 2.51. The smallest absolute Gasteiger partial charge is 0.251 e. The maximum absolute atomic E-state index is 12.8. The number of hydrogen-bond acceptors (Lipinski definition) is 5. The minimum Gasteiger partial charge on any atom is -0.495 e. The number of nitrogens with zero attached hydrogens (tertiary/aromatic N) is 1. The van der Waals surface area contributed by atoms with Gasteiger partial charge in [0.15, 0.2) is 0 Å². The number of carbonyl (C=O) groups excluding carboxylic acids is 1. The molecule has 0 saturated carbocycles. The predicted octanol–water partition coefficient (Wildman–Crippen LogP) is 1.24. The highest BCUT2D eigenvalue weighted by Gasteiger charge is 2.30. The van der Waals surface area contributed by atoms with Gasteiger partial charge < -0.3 is 15.4 Å². The van der Waals surface area contributed by atoms with E-state index < -0.39 is 10.0 Å². The van der Waals surface area contributed by atoms with Crippen molar-refractivity contribution in [1.29, 1.82) is 0 Å². The second kappa shape index (κ2) is 9.96. The van der Waals surface area contributed by atoms with Crippen LogP contribution in [0.3, 0.4) is 0 Å². The number of rotatable bonds is 8. The van der Waals surface area contributed by atoms with Crippen LogP contribution in [0.4, 0.5) is 0 Å². The van der Waals surface area contributed by atoms with Crippen molar-refractivity contribution in [3.63, 3.8) is 0 Å². The largest absolute Gasteiger partial charge is 0.495 e. The van der Waals surface area contributed by atoms with E-state index in [4.69, 9.17) is 4.74 Å². The van der Waals surface area contributed by atoms with E-state index in [1.165, 1.54) is 23.5 Å². The summed E-state index contributed by atoms with van der Waals surface area (Å²) in [5, 5.41) is 5.80. The first kappa shape index (κ1) is 21.7. The zero-order chi connectivity index (χ0) is 17.6. The third-order valence-corrected chi connectivity index (χ3v) is 5.92. The van der Waals surface area contributed by atoms with Crippen molar-refractivity contribution in [3.05, 3.63) is 23.8 Å². The third kappa shape index (κ3) is 5.31. The average molecular weight is 392 g/mol. The number of sulfonamides is 1. The van der Waals surface area contributed by atoms with Crippen LogP contribution in [0.15, 0.2) is 23.1 Å². The maximum Gasteiger partial charge on any atom is 0.251 e. The number of halogens is 1. The summed E-state index contributed by atoms with van der Waals surface area (Å²) in [6, 6.07) is 4.51. The maximum atomic E-state index is 12.8. The Morgan fingerprint density at radius 1 is 1.24 bits per heavy atom. The number of methoxy groups -OCH3 is 1. The van der Waals surface area contributed by atoms with E-state index in [2.05, 4.69) is 10.6 Å². The topological polar surface area (TPSA) is 87.7 Å². The monoisotopic (exact) mass is 391 g/mol. The molecule has 1 heterocycles. The van der Waals surface area contributed by atoms with Crippen molar-refractivity contribution < 1.29 is 17.9 Å². The molecule has 0 spiro atoms. The van der Waals surface area contributed by atoms with E-state index >= 15 is 0 Å². The number of carbonyl (C=O) groups is 1. The Morgan fingerprint density at radius 2 is 1.92 bits per heavy atom. The van der Waals surface area contributed by atoms with Crippen LogP contribution in [-0.4, -0.2) is 59.0 Å². The Hall–Kier alpha value is -1.35. The van der Waals surface area contributed by atoms with Crippen molar-refractivity contribution in [1.82, 2.24) is 14.9 Å². The second-order valence-electron chi connectivity index (χ2n) is 5.69. The van der Waals surface area contributed by atoms with E-state index in [9.17, 15) is 13.2 Å². The molecule has 142 valence electrons. The van der Waals surface area contributed by atoms with E-state index in [-0.39, 0.29) is 29.0 Å². The van der Waals surface area contributed by atoms with Gasteiger partial charge in [-0.05, 0) is 51.1 Å². The molecule has 1 aromatic rings. The predicted molar refractivity (Wildman–Crippen MR) is 99.1 cm³/mol. The number of benzene rings is 1. The van der Waals surface area contributed by atoms with Crippen LogP contribution in [0, 0.1) is 0 Å². The Kier molecular flexibility index (Phi) is 8.64. The molecule has 0 aromatic heterocycles. The Labute approximate surface area is 155 Å². The molecular formula is C16H26ClN3O4S. The minimum absolute atomic E-state index is 0. The SMILES string of the molecule is CNCCCNC(=O)c1ccc(OC)c(S(=O)(=O)N2CCCC2)c1.Cl. The first-order valence-electron chi connectivity index (χ1n) is 8.11. The van der Waals surface area contributed by atoms with Gasteiger partial charge in [-0.3, -0.25) is 4.79 Å². The molecule has 0 bridgehead atoms. The first-order chi connectivity index (χ1) is 11.5. The molecule has 1 fully saturated rings. The van der Waals surface area contributed by atoms with Crippen molar-refractivity contribution in [2.45, 2.75) is 24.2 Å². The van der Waals surface area contributed by atoms with Crippen LogP contribution in [0.2, 0.25) is 0 Å². The molecule has 2 N–H and O–H groups in total. The van der Waals surface area contributed by atoms with Crippen LogP contribution < -0.4 is 15.4 Å². The molecule has 1 aliphatic rings. The Balaban J connectivity index is 0.00000312. The molecule has 7 nitrogen and oxygen atoms in total. The summed E-state index contributed by atoms with van der Waals surface area (Å²) in [6.45, 7) is 2.34. The van der Waals surface area contributed by atoms with Gasteiger partial charge in [-0.25, -0.2) is 8.42 Å². The highest BCUT2D eigenvalue weighted by molar-refractivity contribution is 7.89. The number of hydrogen-bond donors (Lipinski definition) is 2. The van der Waals surface area contributed by atoms with Crippen molar-refractivity contribution in [2.24, 2.45) is 0 Å². The molecule has 0 radical (unpaired) electrons. The van der Waals surface area contributed by atoms with Crippen LogP contribution >= 0.6 is 12.4 Å². The molecule has 1 aliphatic heterocycles. The fourth-order valence-electron chi connectivity index (χ4n) is 2.66. The van der Waals surface area contributed by atoms with E-state index in [0.717, 1.165) is 25.8 Å². The molecule has 1 saturated heterocycles. The zero-order valence-electron chi connectivity index (χ0n) is 14.6. The summed E-state index contributed by atoms with van der Waals surface area (Å²) < 4.78 is 32.2. The van der Waals surface area contributed by atoms with Crippen LogP contribution in [0.5, 0.6) is 5.75 Å². The fourth-order valence-corrected chi connectivity index (χ4v) is 4.35. The number of nitrogens with one attached hydrogen (secondary N) is 2. The summed E-state index contributed by atoms with van der Waals surface area (Å²) >= 11 is 0. The highest BCUT2D eigenvalue weighted by Crippen LogP contribution is 2.29. The van der Waals surface area contributed by atoms with E-state index in [0.29, 0.717) is 25.2 Å².